The lowest BCUT2D eigenvalue weighted by Crippen LogP contribution is -2.40. The fourth-order valence-electron chi connectivity index (χ4n) is 2.92. The van der Waals surface area contributed by atoms with Crippen LogP contribution in [0.3, 0.4) is 0 Å². The van der Waals surface area contributed by atoms with Crippen molar-refractivity contribution in [3.05, 3.63) is 59.7 Å². The second kappa shape index (κ2) is 6.47. The van der Waals surface area contributed by atoms with Gasteiger partial charge in [-0.1, -0.05) is 24.3 Å². The molecule has 1 atom stereocenters. The van der Waals surface area contributed by atoms with E-state index in [-0.39, 0.29) is 12.5 Å². The molecule has 0 radical (unpaired) electrons. The molecule has 130 valence electrons. The van der Waals surface area contributed by atoms with Crippen molar-refractivity contribution in [2.45, 2.75) is 19.0 Å². The van der Waals surface area contributed by atoms with Crippen LogP contribution in [0.2, 0.25) is 0 Å². The number of carbonyl (C=O) groups excluding carboxylic acids is 2. The average Bonchev–Trinajstić information content (AvgIpc) is 2.86. The third-order valence-electron chi connectivity index (χ3n) is 4.40. The van der Waals surface area contributed by atoms with E-state index in [0.29, 0.717) is 17.1 Å². The van der Waals surface area contributed by atoms with Crippen LogP contribution in [0.4, 0.5) is 4.79 Å². The number of nitrogens with one attached hydrogen (secondary N) is 1. The summed E-state index contributed by atoms with van der Waals surface area (Å²) in [6, 6.07) is 14.0. The van der Waals surface area contributed by atoms with E-state index >= 15 is 0 Å². The smallest absolute Gasteiger partial charge is 0.325 e. The van der Waals surface area contributed by atoms with Crippen LogP contribution in [0, 0.1) is 0 Å². The van der Waals surface area contributed by atoms with Gasteiger partial charge in [0.2, 0.25) is 0 Å². The molecule has 0 aliphatic carbocycles. The standard InChI is InChI=1S/C19H20N2O4/c1-19(14-7-5-9-16(11-14)25-3)17(22)21(18(23)20-19)12-13-6-4-8-15(10-13)24-2/h4-11H,12H2,1-3H3,(H,20,23)/t19-/m1/s1. The Balaban J connectivity index is 1.88. The summed E-state index contributed by atoms with van der Waals surface area (Å²) in [5, 5.41) is 2.80. The van der Waals surface area contributed by atoms with Crippen LogP contribution in [-0.2, 0) is 16.9 Å². The Morgan fingerprint density at radius 3 is 2.32 bits per heavy atom. The van der Waals surface area contributed by atoms with Gasteiger partial charge < -0.3 is 14.8 Å². The molecule has 3 rings (SSSR count). The lowest BCUT2D eigenvalue weighted by atomic mass is 9.92. The lowest BCUT2D eigenvalue weighted by Gasteiger charge is -2.22. The van der Waals surface area contributed by atoms with E-state index in [4.69, 9.17) is 9.47 Å². The Kier molecular flexibility index (Phi) is 4.35. The molecule has 1 aliphatic rings. The summed E-state index contributed by atoms with van der Waals surface area (Å²) < 4.78 is 10.4. The molecule has 1 fully saturated rings. The molecular formula is C19H20N2O4. The molecule has 3 amide bonds. The predicted octanol–water partition coefficient (Wildman–Crippen LogP) is 2.67. The Morgan fingerprint density at radius 2 is 1.64 bits per heavy atom. The van der Waals surface area contributed by atoms with E-state index in [1.54, 1.807) is 45.4 Å². The highest BCUT2D eigenvalue weighted by atomic mass is 16.5. The number of carbonyl (C=O) groups is 2. The molecule has 0 bridgehead atoms. The predicted molar refractivity (Wildman–Crippen MR) is 92.4 cm³/mol. The number of rotatable bonds is 5. The Morgan fingerprint density at radius 1 is 1.00 bits per heavy atom. The van der Waals surface area contributed by atoms with Crippen molar-refractivity contribution in [2.75, 3.05) is 14.2 Å². The first-order chi connectivity index (χ1) is 12.0. The molecular weight excluding hydrogens is 320 g/mol. The molecule has 6 nitrogen and oxygen atoms in total. The molecule has 0 unspecified atom stereocenters. The number of methoxy groups -OCH3 is 2. The Hall–Kier alpha value is -3.02. The molecule has 6 heteroatoms. The van der Waals surface area contributed by atoms with E-state index in [2.05, 4.69) is 5.32 Å². The van der Waals surface area contributed by atoms with Gasteiger partial charge in [0.05, 0.1) is 20.8 Å². The van der Waals surface area contributed by atoms with E-state index in [9.17, 15) is 9.59 Å². The highest BCUT2D eigenvalue weighted by molar-refractivity contribution is 6.07. The summed E-state index contributed by atoms with van der Waals surface area (Å²) in [7, 11) is 3.14. The minimum absolute atomic E-state index is 0.182. The van der Waals surface area contributed by atoms with Crippen LogP contribution in [0.25, 0.3) is 0 Å². The summed E-state index contributed by atoms with van der Waals surface area (Å²) in [6.45, 7) is 1.88. The van der Waals surface area contributed by atoms with Crippen LogP contribution in [0.5, 0.6) is 11.5 Å². The molecule has 0 saturated carbocycles. The first-order valence-corrected chi connectivity index (χ1v) is 7.89. The first kappa shape index (κ1) is 16.8. The zero-order chi connectivity index (χ0) is 18.0. The fourth-order valence-corrected chi connectivity index (χ4v) is 2.92. The van der Waals surface area contributed by atoms with Gasteiger partial charge in [0.25, 0.3) is 5.91 Å². The maximum absolute atomic E-state index is 13.0. The van der Waals surface area contributed by atoms with Crippen molar-refractivity contribution in [2.24, 2.45) is 0 Å². The fraction of sp³-hybridized carbons (Fsp3) is 0.263. The van der Waals surface area contributed by atoms with Crippen LogP contribution in [0.1, 0.15) is 18.1 Å². The van der Waals surface area contributed by atoms with Gasteiger partial charge in [-0.05, 0) is 42.3 Å². The normalized spacial score (nSPS) is 19.7. The summed E-state index contributed by atoms with van der Waals surface area (Å²) in [6.07, 6.45) is 0. The van der Waals surface area contributed by atoms with E-state index in [1.165, 1.54) is 4.90 Å². The minimum atomic E-state index is -1.12. The van der Waals surface area contributed by atoms with E-state index < -0.39 is 11.6 Å². The van der Waals surface area contributed by atoms with Gasteiger partial charge in [-0.15, -0.1) is 0 Å². The Bertz CT molecular complexity index is 821. The molecule has 0 spiro atoms. The van der Waals surface area contributed by atoms with Gasteiger partial charge >= 0.3 is 6.03 Å². The number of benzene rings is 2. The number of ether oxygens (including phenoxy) is 2. The highest BCUT2D eigenvalue weighted by Crippen LogP contribution is 2.31. The van der Waals surface area contributed by atoms with E-state index in [1.807, 2.05) is 24.3 Å². The minimum Gasteiger partial charge on any atom is -0.497 e. The lowest BCUT2D eigenvalue weighted by molar-refractivity contribution is -0.131. The molecule has 2 aromatic rings. The maximum Gasteiger partial charge on any atom is 0.325 e. The van der Waals surface area contributed by atoms with Gasteiger partial charge in [-0.3, -0.25) is 9.69 Å². The molecule has 0 aromatic heterocycles. The van der Waals surface area contributed by atoms with Gasteiger partial charge in [0, 0.05) is 0 Å². The van der Waals surface area contributed by atoms with Crippen molar-refractivity contribution >= 4 is 11.9 Å². The number of imide groups is 1. The molecule has 25 heavy (non-hydrogen) atoms. The van der Waals surface area contributed by atoms with Gasteiger partial charge in [-0.2, -0.15) is 0 Å². The number of nitrogens with zero attached hydrogens (tertiary/aromatic N) is 1. The van der Waals surface area contributed by atoms with Crippen LogP contribution >= 0.6 is 0 Å². The monoisotopic (exact) mass is 340 g/mol. The second-order valence-corrected chi connectivity index (χ2v) is 6.03. The summed E-state index contributed by atoms with van der Waals surface area (Å²) in [5.41, 5.74) is 0.376. The summed E-state index contributed by atoms with van der Waals surface area (Å²) >= 11 is 0. The zero-order valence-electron chi connectivity index (χ0n) is 14.4. The van der Waals surface area contributed by atoms with Crippen molar-refractivity contribution in [3.8, 4) is 11.5 Å². The van der Waals surface area contributed by atoms with E-state index in [0.717, 1.165) is 5.56 Å². The Labute approximate surface area is 146 Å². The summed E-state index contributed by atoms with van der Waals surface area (Å²) in [4.78, 5) is 26.6. The van der Waals surface area contributed by atoms with Crippen molar-refractivity contribution in [1.82, 2.24) is 10.2 Å². The quantitative estimate of drug-likeness (QED) is 0.850. The van der Waals surface area contributed by atoms with Crippen LogP contribution in [-0.4, -0.2) is 31.1 Å². The third-order valence-corrected chi connectivity index (χ3v) is 4.40. The van der Waals surface area contributed by atoms with Gasteiger partial charge in [0.1, 0.15) is 17.0 Å². The van der Waals surface area contributed by atoms with Crippen LogP contribution in [0.15, 0.2) is 48.5 Å². The van der Waals surface area contributed by atoms with Gasteiger partial charge in [-0.25, -0.2) is 4.79 Å². The SMILES string of the molecule is COc1cccc(CN2C(=O)N[C@](C)(c3cccc(OC)c3)C2=O)c1. The number of hydrogen-bond donors (Lipinski definition) is 1. The van der Waals surface area contributed by atoms with Crippen molar-refractivity contribution in [1.29, 1.82) is 0 Å². The maximum atomic E-state index is 13.0. The average molecular weight is 340 g/mol. The second-order valence-electron chi connectivity index (χ2n) is 6.03. The summed E-state index contributed by atoms with van der Waals surface area (Å²) in [5.74, 6) is 1.01. The van der Waals surface area contributed by atoms with Gasteiger partial charge in [0.15, 0.2) is 0 Å². The third kappa shape index (κ3) is 3.03. The van der Waals surface area contributed by atoms with Crippen LogP contribution < -0.4 is 14.8 Å². The zero-order valence-corrected chi connectivity index (χ0v) is 14.4. The van der Waals surface area contributed by atoms with Crippen molar-refractivity contribution in [3.63, 3.8) is 0 Å². The first-order valence-electron chi connectivity index (χ1n) is 7.89. The number of amides is 3. The molecule has 1 heterocycles. The molecule has 1 aliphatic heterocycles. The number of urea groups is 1. The largest absolute Gasteiger partial charge is 0.497 e. The molecule has 2 aromatic carbocycles. The topological polar surface area (TPSA) is 67.9 Å². The highest BCUT2D eigenvalue weighted by Gasteiger charge is 2.49. The molecule has 1 N–H and O–H groups in total. The molecule has 1 saturated heterocycles. The number of hydrogen-bond acceptors (Lipinski definition) is 4. The van der Waals surface area contributed by atoms with Crippen molar-refractivity contribution < 1.29 is 19.1 Å².